The van der Waals surface area contributed by atoms with Crippen LogP contribution >= 0.6 is 0 Å². The number of benzene rings is 2. The Kier molecular flexibility index (Phi) is 4.55. The zero-order valence-electron chi connectivity index (χ0n) is 13.7. The smallest absolute Gasteiger partial charge is 0.337 e. The molecular weight excluding hydrogens is 292 g/mol. The fraction of sp³-hybridized carbons (Fsp3) is 0.263. The number of carbonyl (C=O) groups is 2. The van der Waals surface area contributed by atoms with Crippen LogP contribution in [0.3, 0.4) is 0 Å². The molecule has 0 bridgehead atoms. The summed E-state index contributed by atoms with van der Waals surface area (Å²) in [5.74, 6) is -0.381. The minimum Gasteiger partial charge on any atom is -0.507 e. The first kappa shape index (κ1) is 16.7. The number of phenolic OH excluding ortho intramolecular Hbond substituents is 1. The minimum absolute atomic E-state index is 0.0161. The van der Waals surface area contributed by atoms with E-state index in [2.05, 4.69) is 4.74 Å². The van der Waals surface area contributed by atoms with Gasteiger partial charge < -0.3 is 9.84 Å². The Morgan fingerprint density at radius 1 is 1.09 bits per heavy atom. The van der Waals surface area contributed by atoms with Gasteiger partial charge in [-0.2, -0.15) is 0 Å². The predicted octanol–water partition coefficient (Wildman–Crippen LogP) is 3.96. The summed E-state index contributed by atoms with van der Waals surface area (Å²) < 4.78 is 4.68. The number of hydrogen-bond donors (Lipinski definition) is 1. The van der Waals surface area contributed by atoms with E-state index in [9.17, 15) is 14.7 Å². The van der Waals surface area contributed by atoms with Crippen LogP contribution in [-0.2, 0) is 10.2 Å². The van der Waals surface area contributed by atoms with Gasteiger partial charge in [0.2, 0.25) is 0 Å². The molecule has 2 aromatic carbocycles. The van der Waals surface area contributed by atoms with E-state index < -0.39 is 5.97 Å². The normalized spacial score (nSPS) is 11.1. The van der Waals surface area contributed by atoms with E-state index in [1.807, 2.05) is 26.8 Å². The lowest BCUT2D eigenvalue weighted by molar-refractivity contribution is 0.0600. The number of carbonyl (C=O) groups excluding carboxylic acids is 2. The maximum absolute atomic E-state index is 11.5. The van der Waals surface area contributed by atoms with Gasteiger partial charge in [0.1, 0.15) is 5.75 Å². The van der Waals surface area contributed by atoms with Crippen LogP contribution in [-0.4, -0.2) is 24.5 Å². The van der Waals surface area contributed by atoms with Gasteiger partial charge >= 0.3 is 5.97 Å². The first-order valence-corrected chi connectivity index (χ1v) is 7.29. The van der Waals surface area contributed by atoms with Crippen LogP contribution in [0.25, 0.3) is 11.1 Å². The summed E-state index contributed by atoms with van der Waals surface area (Å²) in [7, 11) is 1.34. The van der Waals surface area contributed by atoms with Gasteiger partial charge in [0.15, 0.2) is 6.29 Å². The quantitative estimate of drug-likeness (QED) is 0.688. The third kappa shape index (κ3) is 3.42. The van der Waals surface area contributed by atoms with Crippen molar-refractivity contribution in [3.8, 4) is 16.9 Å². The van der Waals surface area contributed by atoms with Gasteiger partial charge in [-0.05, 0) is 40.8 Å². The van der Waals surface area contributed by atoms with Gasteiger partial charge in [-0.1, -0.05) is 32.9 Å². The average Bonchev–Trinajstić information content (AvgIpc) is 2.53. The van der Waals surface area contributed by atoms with Gasteiger partial charge in [-0.3, -0.25) is 4.79 Å². The lowest BCUT2D eigenvalue weighted by atomic mass is 9.83. The molecule has 0 saturated heterocycles. The molecule has 0 saturated carbocycles. The maximum atomic E-state index is 11.5. The zero-order valence-corrected chi connectivity index (χ0v) is 13.7. The summed E-state index contributed by atoms with van der Waals surface area (Å²) in [4.78, 5) is 22.7. The SMILES string of the molecule is COC(=O)c1ccc(-c2cc(C=O)c(O)c(C(C)(C)C)c2)cc1. The molecule has 0 amide bonds. The maximum Gasteiger partial charge on any atom is 0.337 e. The van der Waals surface area contributed by atoms with E-state index in [1.165, 1.54) is 7.11 Å². The van der Waals surface area contributed by atoms with Gasteiger partial charge in [-0.15, -0.1) is 0 Å². The molecule has 2 rings (SSSR count). The molecule has 4 heteroatoms. The highest BCUT2D eigenvalue weighted by molar-refractivity contribution is 5.90. The summed E-state index contributed by atoms with van der Waals surface area (Å²) in [6.45, 7) is 5.92. The van der Waals surface area contributed by atoms with E-state index in [4.69, 9.17) is 0 Å². The van der Waals surface area contributed by atoms with E-state index >= 15 is 0 Å². The molecule has 0 aromatic heterocycles. The van der Waals surface area contributed by atoms with Crippen molar-refractivity contribution < 1.29 is 19.4 Å². The zero-order chi connectivity index (χ0) is 17.2. The highest BCUT2D eigenvalue weighted by Crippen LogP contribution is 2.36. The lowest BCUT2D eigenvalue weighted by Gasteiger charge is -2.22. The Balaban J connectivity index is 2.55. The van der Waals surface area contributed by atoms with Crippen molar-refractivity contribution in [3.63, 3.8) is 0 Å². The van der Waals surface area contributed by atoms with Gasteiger partial charge in [0, 0.05) is 5.56 Å². The largest absolute Gasteiger partial charge is 0.507 e. The second-order valence-electron chi connectivity index (χ2n) is 6.40. The van der Waals surface area contributed by atoms with E-state index in [-0.39, 0.29) is 16.7 Å². The van der Waals surface area contributed by atoms with Gasteiger partial charge in [0.25, 0.3) is 0 Å². The summed E-state index contributed by atoms with van der Waals surface area (Å²) in [5, 5.41) is 10.3. The van der Waals surface area contributed by atoms with Crippen molar-refractivity contribution in [3.05, 3.63) is 53.1 Å². The Bertz CT molecular complexity index is 737. The first-order valence-electron chi connectivity index (χ1n) is 7.29. The van der Waals surface area contributed by atoms with Crippen LogP contribution < -0.4 is 0 Å². The summed E-state index contributed by atoms with van der Waals surface area (Å²) in [6.07, 6.45) is 0.650. The Hall–Kier alpha value is -2.62. The Morgan fingerprint density at radius 3 is 2.17 bits per heavy atom. The molecule has 0 atom stereocenters. The Labute approximate surface area is 135 Å². The topological polar surface area (TPSA) is 63.6 Å². The molecule has 120 valence electrons. The van der Waals surface area contributed by atoms with Crippen LogP contribution in [0.4, 0.5) is 0 Å². The highest BCUT2D eigenvalue weighted by atomic mass is 16.5. The number of methoxy groups -OCH3 is 1. The predicted molar refractivity (Wildman–Crippen MR) is 89.0 cm³/mol. The number of aldehydes is 1. The number of phenols is 1. The number of hydrogen-bond acceptors (Lipinski definition) is 4. The van der Waals surface area contributed by atoms with Crippen LogP contribution in [0, 0.1) is 0 Å². The number of aromatic hydroxyl groups is 1. The van der Waals surface area contributed by atoms with Crippen molar-refractivity contribution in [2.75, 3.05) is 7.11 Å². The Morgan fingerprint density at radius 2 is 1.70 bits per heavy atom. The molecule has 2 aromatic rings. The molecule has 0 unspecified atom stereocenters. The molecule has 0 aliphatic carbocycles. The molecule has 0 aliphatic heterocycles. The highest BCUT2D eigenvalue weighted by Gasteiger charge is 2.21. The summed E-state index contributed by atoms with van der Waals surface area (Å²) in [5.41, 5.74) is 2.78. The van der Waals surface area contributed by atoms with E-state index in [0.29, 0.717) is 17.4 Å². The standard InChI is InChI=1S/C19H20O4/c1-19(2,3)16-10-14(9-15(11-20)17(16)21)12-5-7-13(8-6-12)18(22)23-4/h5-11,21H,1-4H3. The summed E-state index contributed by atoms with van der Waals surface area (Å²) in [6, 6.07) is 10.4. The van der Waals surface area contributed by atoms with Crippen LogP contribution in [0.2, 0.25) is 0 Å². The minimum atomic E-state index is -0.397. The molecule has 4 nitrogen and oxygen atoms in total. The lowest BCUT2D eigenvalue weighted by Crippen LogP contribution is -2.12. The number of rotatable bonds is 3. The monoisotopic (exact) mass is 312 g/mol. The van der Waals surface area contributed by atoms with Crippen molar-refractivity contribution in [1.82, 2.24) is 0 Å². The van der Waals surface area contributed by atoms with E-state index in [0.717, 1.165) is 11.1 Å². The van der Waals surface area contributed by atoms with Gasteiger partial charge in [-0.25, -0.2) is 4.79 Å². The van der Waals surface area contributed by atoms with Gasteiger partial charge in [0.05, 0.1) is 18.2 Å². The molecular formula is C19H20O4. The van der Waals surface area contributed by atoms with Crippen molar-refractivity contribution in [2.24, 2.45) is 0 Å². The molecule has 0 aliphatic rings. The molecule has 1 N–H and O–H groups in total. The average molecular weight is 312 g/mol. The fourth-order valence-electron chi connectivity index (χ4n) is 2.40. The number of ether oxygens (including phenoxy) is 1. The second-order valence-corrected chi connectivity index (χ2v) is 6.40. The molecule has 23 heavy (non-hydrogen) atoms. The second kappa shape index (κ2) is 6.24. The molecule has 0 spiro atoms. The third-order valence-corrected chi connectivity index (χ3v) is 3.71. The van der Waals surface area contributed by atoms with Crippen molar-refractivity contribution in [2.45, 2.75) is 26.2 Å². The fourth-order valence-corrected chi connectivity index (χ4v) is 2.40. The van der Waals surface area contributed by atoms with Crippen LogP contribution in [0.15, 0.2) is 36.4 Å². The van der Waals surface area contributed by atoms with Crippen LogP contribution in [0.5, 0.6) is 5.75 Å². The molecule has 0 radical (unpaired) electrons. The van der Waals surface area contributed by atoms with Crippen molar-refractivity contribution in [1.29, 1.82) is 0 Å². The molecule has 0 fully saturated rings. The van der Waals surface area contributed by atoms with Crippen LogP contribution in [0.1, 0.15) is 47.1 Å². The number of esters is 1. The first-order chi connectivity index (χ1) is 10.8. The third-order valence-electron chi connectivity index (χ3n) is 3.71. The van der Waals surface area contributed by atoms with Crippen molar-refractivity contribution >= 4 is 12.3 Å². The van der Waals surface area contributed by atoms with E-state index in [1.54, 1.807) is 30.3 Å². The summed E-state index contributed by atoms with van der Waals surface area (Å²) >= 11 is 0. The molecule has 0 heterocycles.